The number of fused-ring (bicyclic) bond motifs is 5. The molecular formula is C40H53N3O8S. The Morgan fingerprint density at radius 2 is 1.87 bits per heavy atom. The number of hydrogen-bond acceptors (Lipinski definition) is 9. The van der Waals surface area contributed by atoms with Crippen LogP contribution in [0.25, 0.3) is 10.9 Å². The van der Waals surface area contributed by atoms with Gasteiger partial charge in [-0.15, -0.1) is 0 Å². The summed E-state index contributed by atoms with van der Waals surface area (Å²) in [6.45, 7) is 5.62. The van der Waals surface area contributed by atoms with Gasteiger partial charge in [0.1, 0.15) is 11.4 Å². The summed E-state index contributed by atoms with van der Waals surface area (Å²) in [6.07, 6.45) is 10.2. The Bertz CT molecular complexity index is 1900. The van der Waals surface area contributed by atoms with Crippen LogP contribution in [0.2, 0.25) is 0 Å². The van der Waals surface area contributed by atoms with Crippen molar-refractivity contribution in [2.45, 2.75) is 128 Å². The van der Waals surface area contributed by atoms with E-state index >= 15 is 0 Å². The predicted molar refractivity (Wildman–Crippen MR) is 197 cm³/mol. The van der Waals surface area contributed by atoms with Gasteiger partial charge in [0.05, 0.1) is 47.0 Å². The van der Waals surface area contributed by atoms with Gasteiger partial charge >= 0.3 is 5.97 Å². The standard InChI is InChI=1S/C39H49N3O8S.CH4/c1-4-49-33(44)20-26-12-8-6-5-7-9-13-27-21-39(27,36(46)41-51(47,48)37(3)18-19-37)23-32(43)31-22-38(24-42(31)35(26)45)17-16-29-28-14-10-11-15-30(28)40-25(2)34(29)50-38;/h9-11,13-15,26-27,31H,4-8,12,16-24H2,1-3H3,(H,41,46);1H4/b13-9-;/t26-,27-,31+,38-,39-;/m1./s1. The van der Waals surface area contributed by atoms with E-state index in [1.165, 1.54) is 0 Å². The monoisotopic (exact) mass is 735 g/mol. The molecule has 1 aromatic heterocycles. The highest BCUT2D eigenvalue weighted by atomic mass is 32.2. The van der Waals surface area contributed by atoms with Crippen LogP contribution < -0.4 is 9.46 Å². The maximum Gasteiger partial charge on any atom is 0.306 e. The van der Waals surface area contributed by atoms with Gasteiger partial charge in [0.15, 0.2) is 5.78 Å². The summed E-state index contributed by atoms with van der Waals surface area (Å²) in [6, 6.07) is 7.02. The molecule has 5 atom stereocenters. The molecule has 2 aromatic rings. The van der Waals surface area contributed by atoms with E-state index in [1.54, 1.807) is 18.7 Å². The largest absolute Gasteiger partial charge is 0.483 e. The van der Waals surface area contributed by atoms with Crippen LogP contribution in [0.3, 0.4) is 0 Å². The number of ether oxygens (including phenoxy) is 2. The third kappa shape index (κ3) is 6.99. The minimum atomic E-state index is -3.92. The number of para-hydroxylation sites is 1. The number of carbonyl (C=O) groups excluding carboxylic acids is 4. The third-order valence-corrected chi connectivity index (χ3v) is 14.2. The smallest absolute Gasteiger partial charge is 0.306 e. The lowest BCUT2D eigenvalue weighted by atomic mass is 9.85. The molecule has 12 heteroatoms. The first kappa shape index (κ1) is 37.9. The molecule has 1 N–H and O–H groups in total. The number of esters is 1. The molecule has 1 saturated heterocycles. The van der Waals surface area contributed by atoms with E-state index in [2.05, 4.69) is 4.72 Å². The molecule has 3 aliphatic heterocycles. The fourth-order valence-corrected chi connectivity index (χ4v) is 9.87. The number of ketones is 1. The van der Waals surface area contributed by atoms with Gasteiger partial charge in [-0.2, -0.15) is 0 Å². The SMILES string of the molecule is C.CCOC(=O)C[C@H]1CCCCC/C=C\[C@@H]2C[C@@]2(C(=O)NS(=O)(=O)C2(C)CC2)CC(=O)[C@@H]2C[C@]3(CCc4c(c(C)nc5ccccc45)O3)CN2C1=O. The van der Waals surface area contributed by atoms with Crippen LogP contribution in [-0.2, 0) is 40.4 Å². The number of nitrogens with one attached hydrogen (secondary N) is 1. The van der Waals surface area contributed by atoms with Crippen molar-refractivity contribution in [3.8, 4) is 5.75 Å². The lowest BCUT2D eigenvalue weighted by Gasteiger charge is -2.36. The number of allylic oxidation sites excluding steroid dienone is 2. The lowest BCUT2D eigenvalue weighted by molar-refractivity contribution is -0.150. The molecule has 0 bridgehead atoms. The first-order chi connectivity index (χ1) is 24.3. The molecular weight excluding hydrogens is 683 g/mol. The molecule has 7 rings (SSSR count). The average Bonchev–Trinajstić information content (AvgIpc) is 3.98. The average molecular weight is 736 g/mol. The van der Waals surface area contributed by atoms with Crippen molar-refractivity contribution < 1.29 is 37.1 Å². The van der Waals surface area contributed by atoms with E-state index in [1.807, 2.05) is 43.3 Å². The lowest BCUT2D eigenvalue weighted by Crippen LogP contribution is -2.48. The van der Waals surface area contributed by atoms with Crippen LogP contribution in [0.15, 0.2) is 36.4 Å². The van der Waals surface area contributed by atoms with Crippen molar-refractivity contribution in [1.82, 2.24) is 14.6 Å². The minimum absolute atomic E-state index is 0. The molecule has 3 fully saturated rings. The number of aromatic nitrogens is 1. The van der Waals surface area contributed by atoms with Gasteiger partial charge in [-0.05, 0) is 84.1 Å². The fourth-order valence-electron chi connectivity index (χ4n) is 8.53. The normalized spacial score (nSPS) is 30.4. The number of benzene rings is 1. The molecule has 0 radical (unpaired) electrons. The van der Waals surface area contributed by atoms with Crippen LogP contribution in [-0.4, -0.2) is 71.4 Å². The molecule has 282 valence electrons. The maximum absolute atomic E-state index is 14.6. The molecule has 1 aromatic carbocycles. The zero-order valence-corrected chi connectivity index (χ0v) is 30.7. The molecule has 1 spiro atoms. The molecule has 5 aliphatic rings. The highest BCUT2D eigenvalue weighted by molar-refractivity contribution is 7.91. The van der Waals surface area contributed by atoms with Gasteiger partial charge in [-0.25, -0.2) is 13.4 Å². The van der Waals surface area contributed by atoms with E-state index in [9.17, 15) is 27.6 Å². The second-order valence-electron chi connectivity index (χ2n) is 15.8. The number of hydrogen-bond donors (Lipinski definition) is 1. The van der Waals surface area contributed by atoms with Crippen molar-refractivity contribution in [1.29, 1.82) is 0 Å². The summed E-state index contributed by atoms with van der Waals surface area (Å²) >= 11 is 0. The number of amides is 2. The van der Waals surface area contributed by atoms with Gasteiger partial charge in [0.25, 0.3) is 0 Å². The summed E-state index contributed by atoms with van der Waals surface area (Å²) in [5, 5.41) is 1.01. The van der Waals surface area contributed by atoms with Crippen molar-refractivity contribution in [3.05, 3.63) is 47.7 Å². The van der Waals surface area contributed by atoms with Gasteiger partial charge in [0, 0.05) is 29.7 Å². The summed E-state index contributed by atoms with van der Waals surface area (Å²) in [5.41, 5.74) is 0.577. The van der Waals surface area contributed by atoms with Gasteiger partial charge in [-0.3, -0.25) is 23.9 Å². The van der Waals surface area contributed by atoms with Crippen molar-refractivity contribution >= 4 is 44.5 Å². The van der Waals surface area contributed by atoms with Crippen LogP contribution in [0, 0.1) is 24.2 Å². The zero-order valence-electron chi connectivity index (χ0n) is 29.9. The van der Waals surface area contributed by atoms with Crippen LogP contribution in [0.1, 0.15) is 110 Å². The first-order valence-electron chi connectivity index (χ1n) is 18.6. The van der Waals surface area contributed by atoms with Crippen molar-refractivity contribution in [3.63, 3.8) is 0 Å². The molecule has 0 unspecified atom stereocenters. The molecule has 52 heavy (non-hydrogen) atoms. The van der Waals surface area contributed by atoms with Gasteiger partial charge < -0.3 is 14.4 Å². The molecule has 2 amide bonds. The number of pyridine rings is 1. The summed E-state index contributed by atoms with van der Waals surface area (Å²) in [7, 11) is -3.92. The molecule has 2 aliphatic carbocycles. The molecule has 11 nitrogen and oxygen atoms in total. The van der Waals surface area contributed by atoms with Crippen LogP contribution in [0.4, 0.5) is 0 Å². The Balaban J connectivity index is 0.00000464. The molecule has 2 saturated carbocycles. The fraction of sp³-hybridized carbons (Fsp3) is 0.625. The van der Waals surface area contributed by atoms with Crippen molar-refractivity contribution in [2.75, 3.05) is 13.2 Å². The quantitative estimate of drug-likeness (QED) is 0.283. The number of nitrogens with zero attached hydrogens (tertiary/aromatic N) is 2. The van der Waals surface area contributed by atoms with E-state index in [0.717, 1.165) is 47.8 Å². The van der Waals surface area contributed by atoms with Crippen molar-refractivity contribution in [2.24, 2.45) is 17.3 Å². The van der Waals surface area contributed by atoms with E-state index < -0.39 is 49.6 Å². The van der Waals surface area contributed by atoms with E-state index in [-0.39, 0.29) is 57.4 Å². The Labute approximate surface area is 307 Å². The van der Waals surface area contributed by atoms with Crippen LogP contribution >= 0.6 is 0 Å². The minimum Gasteiger partial charge on any atom is -0.483 e. The Kier molecular flexibility index (Phi) is 10.4. The topological polar surface area (TPSA) is 149 Å². The number of aryl methyl sites for hydroxylation is 2. The number of sulfonamides is 1. The van der Waals surface area contributed by atoms with E-state index in [0.29, 0.717) is 44.3 Å². The van der Waals surface area contributed by atoms with Crippen LogP contribution in [0.5, 0.6) is 5.75 Å². The summed E-state index contributed by atoms with van der Waals surface area (Å²) in [5.74, 6) is -1.97. The number of Topliss-reactive ketones (excluding diaryl/α,β-unsaturated/α-hetero) is 1. The maximum atomic E-state index is 14.6. The Hall–Kier alpha value is -3.80. The second-order valence-corrected chi connectivity index (χ2v) is 18.0. The number of rotatable bonds is 6. The van der Waals surface area contributed by atoms with Gasteiger partial charge in [0.2, 0.25) is 21.8 Å². The Morgan fingerprint density at radius 1 is 1.10 bits per heavy atom. The first-order valence-corrected chi connectivity index (χ1v) is 20.1. The highest BCUT2D eigenvalue weighted by Gasteiger charge is 2.63. The number of carbonyl (C=O) groups is 4. The third-order valence-electron chi connectivity index (χ3n) is 12.1. The van der Waals surface area contributed by atoms with Gasteiger partial charge in [-0.1, -0.05) is 50.6 Å². The Morgan fingerprint density at radius 3 is 2.62 bits per heavy atom. The zero-order chi connectivity index (χ0) is 36.2. The highest BCUT2D eigenvalue weighted by Crippen LogP contribution is 2.58. The predicted octanol–water partition coefficient (Wildman–Crippen LogP) is 5.90. The summed E-state index contributed by atoms with van der Waals surface area (Å²) < 4.78 is 39.8. The summed E-state index contributed by atoms with van der Waals surface area (Å²) in [4.78, 5) is 62.3. The second kappa shape index (κ2) is 14.2. The molecule has 4 heterocycles. The van der Waals surface area contributed by atoms with E-state index in [4.69, 9.17) is 14.5 Å².